The second kappa shape index (κ2) is 7.90. The summed E-state index contributed by atoms with van der Waals surface area (Å²) in [6.45, 7) is 0.431. The van der Waals surface area contributed by atoms with E-state index in [-0.39, 0.29) is 18.1 Å². The summed E-state index contributed by atoms with van der Waals surface area (Å²) in [6, 6.07) is 13.0. The van der Waals surface area contributed by atoms with Crippen molar-refractivity contribution >= 4 is 17.5 Å². The first-order chi connectivity index (χ1) is 12.1. The molecule has 0 saturated heterocycles. The van der Waals surface area contributed by atoms with Crippen LogP contribution in [-0.4, -0.2) is 16.1 Å². The number of benzene rings is 2. The Kier molecular flexibility index (Phi) is 5.40. The zero-order valence-electron chi connectivity index (χ0n) is 13.2. The molecule has 1 heterocycles. The van der Waals surface area contributed by atoms with Crippen LogP contribution in [0.4, 0.5) is 4.39 Å². The Morgan fingerprint density at radius 2 is 1.80 bits per heavy atom. The number of aryl methyl sites for hydroxylation is 1. The highest BCUT2D eigenvalue weighted by Gasteiger charge is 2.10. The second-order valence-electron chi connectivity index (χ2n) is 5.41. The number of nitrogens with zero attached hydrogens (tertiary/aromatic N) is 2. The predicted molar refractivity (Wildman–Crippen MR) is 91.3 cm³/mol. The van der Waals surface area contributed by atoms with Crippen LogP contribution in [0.15, 0.2) is 52.9 Å². The molecule has 0 saturated carbocycles. The van der Waals surface area contributed by atoms with Crippen LogP contribution in [0, 0.1) is 5.82 Å². The summed E-state index contributed by atoms with van der Waals surface area (Å²) in [7, 11) is 0. The lowest BCUT2D eigenvalue weighted by molar-refractivity contribution is -0.121. The van der Waals surface area contributed by atoms with Gasteiger partial charge in [0.05, 0.1) is 0 Å². The fraction of sp³-hybridized carbons (Fsp3) is 0.167. The van der Waals surface area contributed by atoms with Crippen molar-refractivity contribution in [3.63, 3.8) is 0 Å². The number of amides is 1. The van der Waals surface area contributed by atoms with E-state index in [0.29, 0.717) is 35.3 Å². The van der Waals surface area contributed by atoms with E-state index in [4.69, 9.17) is 16.0 Å². The minimum absolute atomic E-state index is 0.114. The summed E-state index contributed by atoms with van der Waals surface area (Å²) >= 11 is 5.82. The van der Waals surface area contributed by atoms with Crippen molar-refractivity contribution in [3.05, 3.63) is 70.8 Å². The summed E-state index contributed by atoms with van der Waals surface area (Å²) in [6.07, 6.45) is 0.569. The molecule has 5 nitrogen and oxygen atoms in total. The van der Waals surface area contributed by atoms with E-state index >= 15 is 0 Å². The number of halogens is 2. The van der Waals surface area contributed by atoms with E-state index in [9.17, 15) is 9.18 Å². The lowest BCUT2D eigenvalue weighted by Crippen LogP contribution is -2.23. The summed E-state index contributed by atoms with van der Waals surface area (Å²) < 4.78 is 18.4. The van der Waals surface area contributed by atoms with E-state index in [1.807, 2.05) is 12.1 Å². The highest BCUT2D eigenvalue weighted by atomic mass is 35.5. The molecule has 0 spiro atoms. The molecule has 0 unspecified atom stereocenters. The summed E-state index contributed by atoms with van der Waals surface area (Å²) in [5.41, 5.74) is 1.60. The van der Waals surface area contributed by atoms with Crippen LogP contribution >= 0.6 is 11.6 Å². The quantitative estimate of drug-likeness (QED) is 0.727. The van der Waals surface area contributed by atoms with Crippen LogP contribution in [0.3, 0.4) is 0 Å². The second-order valence-corrected chi connectivity index (χ2v) is 5.85. The van der Waals surface area contributed by atoms with Crippen molar-refractivity contribution < 1.29 is 13.6 Å². The molecule has 0 fully saturated rings. The maximum Gasteiger partial charge on any atom is 0.247 e. The first-order valence-corrected chi connectivity index (χ1v) is 8.07. The molecule has 0 aliphatic carbocycles. The highest BCUT2D eigenvalue weighted by molar-refractivity contribution is 6.30. The Morgan fingerprint density at radius 3 is 2.52 bits per heavy atom. The van der Waals surface area contributed by atoms with Gasteiger partial charge in [-0.05, 0) is 42.0 Å². The van der Waals surface area contributed by atoms with Gasteiger partial charge in [-0.25, -0.2) is 4.39 Å². The highest BCUT2D eigenvalue weighted by Crippen LogP contribution is 2.18. The molecule has 3 aromatic rings. The van der Waals surface area contributed by atoms with Gasteiger partial charge in [-0.3, -0.25) is 4.79 Å². The smallest absolute Gasteiger partial charge is 0.247 e. The van der Waals surface area contributed by atoms with Gasteiger partial charge in [0.2, 0.25) is 17.7 Å². The first-order valence-electron chi connectivity index (χ1n) is 7.69. The monoisotopic (exact) mass is 359 g/mol. The number of rotatable bonds is 6. The molecule has 2 aromatic carbocycles. The maximum atomic E-state index is 12.9. The van der Waals surface area contributed by atoms with Crippen LogP contribution in [-0.2, 0) is 17.8 Å². The number of aromatic nitrogens is 2. The molecule has 0 bridgehead atoms. The van der Waals surface area contributed by atoms with Gasteiger partial charge in [0.1, 0.15) is 5.82 Å². The Labute approximate surface area is 148 Å². The average molecular weight is 360 g/mol. The minimum Gasteiger partial charge on any atom is -0.421 e. The summed E-state index contributed by atoms with van der Waals surface area (Å²) in [5.74, 6) is 0.217. The SMILES string of the molecule is O=C(CCc1nnc(-c2ccc(F)cc2)o1)NCc1ccc(Cl)cc1. The average Bonchev–Trinajstić information content (AvgIpc) is 3.09. The zero-order valence-corrected chi connectivity index (χ0v) is 14.0. The number of carbonyl (C=O) groups excluding carboxylic acids is 1. The van der Waals surface area contributed by atoms with Gasteiger partial charge >= 0.3 is 0 Å². The molecule has 0 atom stereocenters. The number of hydrogen-bond donors (Lipinski definition) is 1. The van der Waals surface area contributed by atoms with E-state index < -0.39 is 0 Å². The van der Waals surface area contributed by atoms with Crippen LogP contribution in [0.25, 0.3) is 11.5 Å². The van der Waals surface area contributed by atoms with Gasteiger partial charge in [0.15, 0.2) is 0 Å². The molecule has 0 aliphatic rings. The molecule has 1 amide bonds. The summed E-state index contributed by atoms with van der Waals surface area (Å²) in [5, 5.41) is 11.3. The first kappa shape index (κ1) is 17.1. The van der Waals surface area contributed by atoms with Gasteiger partial charge < -0.3 is 9.73 Å². The fourth-order valence-electron chi connectivity index (χ4n) is 2.18. The Morgan fingerprint density at radius 1 is 1.08 bits per heavy atom. The molecule has 7 heteroatoms. The predicted octanol–water partition coefficient (Wildman–Crippen LogP) is 3.78. The van der Waals surface area contributed by atoms with E-state index in [1.165, 1.54) is 12.1 Å². The largest absolute Gasteiger partial charge is 0.421 e. The van der Waals surface area contributed by atoms with Crippen molar-refractivity contribution in [1.82, 2.24) is 15.5 Å². The Balaban J connectivity index is 1.49. The third kappa shape index (κ3) is 4.87. The molecular formula is C18H15ClFN3O2. The van der Waals surface area contributed by atoms with E-state index in [2.05, 4.69) is 15.5 Å². The van der Waals surface area contributed by atoms with Crippen LogP contribution < -0.4 is 5.32 Å². The summed E-state index contributed by atoms with van der Waals surface area (Å²) in [4.78, 5) is 11.9. The maximum absolute atomic E-state index is 12.9. The van der Waals surface area contributed by atoms with Crippen LogP contribution in [0.2, 0.25) is 5.02 Å². The molecule has 1 aromatic heterocycles. The van der Waals surface area contributed by atoms with Crippen molar-refractivity contribution in [3.8, 4) is 11.5 Å². The lowest BCUT2D eigenvalue weighted by atomic mass is 10.2. The minimum atomic E-state index is -0.333. The number of carbonyl (C=O) groups is 1. The fourth-order valence-corrected chi connectivity index (χ4v) is 2.30. The zero-order chi connectivity index (χ0) is 17.6. The molecule has 0 radical (unpaired) electrons. The topological polar surface area (TPSA) is 68.0 Å². The molecule has 3 rings (SSSR count). The van der Waals surface area contributed by atoms with Crippen molar-refractivity contribution in [2.24, 2.45) is 0 Å². The Bertz CT molecular complexity index is 848. The van der Waals surface area contributed by atoms with Crippen LogP contribution in [0.5, 0.6) is 0 Å². The van der Waals surface area contributed by atoms with Gasteiger partial charge in [-0.1, -0.05) is 23.7 Å². The third-order valence-electron chi connectivity index (χ3n) is 3.53. The molecular weight excluding hydrogens is 345 g/mol. The van der Waals surface area contributed by atoms with E-state index in [1.54, 1.807) is 24.3 Å². The molecule has 128 valence electrons. The van der Waals surface area contributed by atoms with E-state index in [0.717, 1.165) is 5.56 Å². The standard InChI is InChI=1S/C18H15ClFN3O2/c19-14-5-1-12(2-6-14)11-21-16(24)9-10-17-22-23-18(25-17)13-3-7-15(20)8-4-13/h1-8H,9-11H2,(H,21,24). The van der Waals surface area contributed by atoms with Gasteiger partial charge in [-0.2, -0.15) is 0 Å². The lowest BCUT2D eigenvalue weighted by Gasteiger charge is -2.04. The van der Waals surface area contributed by atoms with Crippen molar-refractivity contribution in [2.45, 2.75) is 19.4 Å². The molecule has 25 heavy (non-hydrogen) atoms. The third-order valence-corrected chi connectivity index (χ3v) is 3.78. The van der Waals surface area contributed by atoms with Gasteiger partial charge in [0, 0.05) is 30.0 Å². The number of nitrogens with one attached hydrogen (secondary N) is 1. The normalized spacial score (nSPS) is 10.6. The molecule has 0 aliphatic heterocycles. The van der Waals surface area contributed by atoms with Crippen molar-refractivity contribution in [1.29, 1.82) is 0 Å². The van der Waals surface area contributed by atoms with Crippen molar-refractivity contribution in [2.75, 3.05) is 0 Å². The van der Waals surface area contributed by atoms with Crippen LogP contribution in [0.1, 0.15) is 17.9 Å². The molecule has 1 N–H and O–H groups in total. The number of hydrogen-bond acceptors (Lipinski definition) is 4. The Hall–Kier alpha value is -2.73. The van der Waals surface area contributed by atoms with Gasteiger partial charge in [-0.15, -0.1) is 10.2 Å². The van der Waals surface area contributed by atoms with Gasteiger partial charge in [0.25, 0.3) is 0 Å².